The van der Waals surface area contributed by atoms with Gasteiger partial charge in [-0.1, -0.05) is 6.08 Å². The van der Waals surface area contributed by atoms with Crippen molar-refractivity contribution in [1.82, 2.24) is 4.98 Å². The second-order valence-electron chi connectivity index (χ2n) is 6.40. The lowest BCUT2D eigenvalue weighted by Gasteiger charge is -2.18. The number of anilines is 2. The van der Waals surface area contributed by atoms with E-state index in [4.69, 9.17) is 4.74 Å². The molecule has 0 radical (unpaired) electrons. The van der Waals surface area contributed by atoms with Crippen molar-refractivity contribution in [2.45, 2.75) is 6.42 Å². The van der Waals surface area contributed by atoms with Crippen LogP contribution in [0.4, 0.5) is 15.8 Å². The number of methoxy groups -OCH3 is 1. The van der Waals surface area contributed by atoms with E-state index in [9.17, 15) is 9.18 Å². The molecule has 0 atom stereocenters. The quantitative estimate of drug-likeness (QED) is 0.679. The predicted molar refractivity (Wildman–Crippen MR) is 107 cm³/mol. The van der Waals surface area contributed by atoms with E-state index in [1.807, 2.05) is 31.1 Å². The number of nitrogens with zero attached hydrogens (tertiary/aromatic N) is 3. The van der Waals surface area contributed by atoms with Crippen LogP contribution in [0, 0.1) is 5.82 Å². The molecule has 0 unspecified atom stereocenters. The maximum atomic E-state index is 14.6. The maximum absolute atomic E-state index is 14.6. The van der Waals surface area contributed by atoms with Crippen LogP contribution < -0.4 is 14.5 Å². The number of halogens is 1. The monoisotopic (exact) mass is 383 g/mol. The number of hydrogen-bond acceptors (Lipinski definition) is 5. The molecule has 1 aliphatic heterocycles. The molecule has 0 bridgehead atoms. The molecule has 1 aliphatic rings. The van der Waals surface area contributed by atoms with Crippen LogP contribution in [0.3, 0.4) is 0 Å². The van der Waals surface area contributed by atoms with Crippen molar-refractivity contribution in [2.75, 3.05) is 31.0 Å². The second kappa shape index (κ2) is 6.66. The van der Waals surface area contributed by atoms with Crippen LogP contribution in [0.25, 0.3) is 10.2 Å². The summed E-state index contributed by atoms with van der Waals surface area (Å²) in [5.74, 6) is -0.357. The molecule has 27 heavy (non-hydrogen) atoms. The second-order valence-corrected chi connectivity index (χ2v) is 7.39. The van der Waals surface area contributed by atoms with E-state index in [1.165, 1.54) is 29.4 Å². The van der Waals surface area contributed by atoms with Crippen molar-refractivity contribution in [3.63, 3.8) is 0 Å². The number of carbonyl (C=O) groups is 1. The summed E-state index contributed by atoms with van der Waals surface area (Å²) in [5, 5.41) is 0.984. The Hall–Kier alpha value is -2.93. The molecule has 0 saturated carbocycles. The first kappa shape index (κ1) is 17.5. The van der Waals surface area contributed by atoms with Gasteiger partial charge in [-0.2, -0.15) is 0 Å². The van der Waals surface area contributed by atoms with Crippen LogP contribution in [-0.2, 0) is 6.42 Å². The Kier molecular flexibility index (Phi) is 4.31. The zero-order valence-corrected chi connectivity index (χ0v) is 16.0. The minimum atomic E-state index is -0.510. The molecule has 5 nitrogen and oxygen atoms in total. The summed E-state index contributed by atoms with van der Waals surface area (Å²) in [6.45, 7) is 0. The Balaban J connectivity index is 1.86. The van der Waals surface area contributed by atoms with Gasteiger partial charge < -0.3 is 9.64 Å². The van der Waals surface area contributed by atoms with Crippen LogP contribution >= 0.6 is 11.3 Å². The highest BCUT2D eigenvalue weighted by Gasteiger charge is 2.28. The van der Waals surface area contributed by atoms with Gasteiger partial charge in [0.1, 0.15) is 10.6 Å². The molecular formula is C20H18FN3O2S. The van der Waals surface area contributed by atoms with Crippen molar-refractivity contribution in [3.8, 4) is 5.75 Å². The van der Waals surface area contributed by atoms with Gasteiger partial charge >= 0.3 is 0 Å². The molecule has 0 spiro atoms. The Morgan fingerprint density at radius 3 is 2.81 bits per heavy atom. The van der Waals surface area contributed by atoms with Gasteiger partial charge in [0.2, 0.25) is 0 Å². The van der Waals surface area contributed by atoms with Crippen molar-refractivity contribution in [1.29, 1.82) is 0 Å². The van der Waals surface area contributed by atoms with Crippen LogP contribution in [0.5, 0.6) is 5.75 Å². The Morgan fingerprint density at radius 2 is 2.11 bits per heavy atom. The smallest absolute Gasteiger partial charge is 0.272 e. The van der Waals surface area contributed by atoms with Crippen LogP contribution in [0.15, 0.2) is 42.7 Å². The summed E-state index contributed by atoms with van der Waals surface area (Å²) in [6, 6.07) is 6.41. The van der Waals surface area contributed by atoms with Gasteiger partial charge in [0.05, 0.1) is 17.7 Å². The zero-order valence-electron chi connectivity index (χ0n) is 15.2. The van der Waals surface area contributed by atoms with Gasteiger partial charge in [-0.25, -0.2) is 9.37 Å². The number of thiophene rings is 1. The molecule has 7 heteroatoms. The minimum Gasteiger partial charge on any atom is -0.497 e. The summed E-state index contributed by atoms with van der Waals surface area (Å²) in [6.07, 6.45) is 5.85. The van der Waals surface area contributed by atoms with E-state index in [1.54, 1.807) is 24.5 Å². The summed E-state index contributed by atoms with van der Waals surface area (Å²) in [7, 11) is 5.41. The molecular weight excluding hydrogens is 365 g/mol. The Morgan fingerprint density at radius 1 is 1.30 bits per heavy atom. The average Bonchev–Trinajstić information content (AvgIpc) is 2.96. The van der Waals surface area contributed by atoms with Crippen molar-refractivity contribution >= 4 is 38.8 Å². The maximum Gasteiger partial charge on any atom is 0.272 e. The van der Waals surface area contributed by atoms with E-state index in [2.05, 4.69) is 4.98 Å². The number of fused-ring (bicyclic) bond motifs is 3. The molecule has 2 aromatic heterocycles. The molecule has 3 heterocycles. The lowest BCUT2D eigenvalue weighted by Crippen LogP contribution is -2.25. The number of hydrogen-bond donors (Lipinski definition) is 0. The van der Waals surface area contributed by atoms with Crippen molar-refractivity contribution < 1.29 is 13.9 Å². The van der Waals surface area contributed by atoms with Gasteiger partial charge in [0.15, 0.2) is 5.82 Å². The van der Waals surface area contributed by atoms with Gasteiger partial charge in [-0.3, -0.25) is 9.69 Å². The number of benzene rings is 1. The molecule has 0 aliphatic carbocycles. The zero-order chi connectivity index (χ0) is 19.1. The van der Waals surface area contributed by atoms with E-state index >= 15 is 0 Å². The molecule has 0 N–H and O–H groups in total. The summed E-state index contributed by atoms with van der Waals surface area (Å²) >= 11 is 1.35. The lowest BCUT2D eigenvalue weighted by molar-refractivity contribution is 0.100. The largest absolute Gasteiger partial charge is 0.497 e. The third-order valence-electron chi connectivity index (χ3n) is 4.55. The fourth-order valence-electron chi connectivity index (χ4n) is 3.26. The van der Waals surface area contributed by atoms with Gasteiger partial charge in [0.25, 0.3) is 5.91 Å². The number of aromatic nitrogens is 1. The minimum absolute atomic E-state index is 0.197. The number of pyridine rings is 1. The normalized spacial score (nSPS) is 13.6. The molecule has 1 amide bonds. The average molecular weight is 383 g/mol. The molecule has 0 saturated heterocycles. The summed E-state index contributed by atoms with van der Waals surface area (Å²) in [5.41, 5.74) is 2.15. The Bertz CT molecular complexity index is 1070. The van der Waals surface area contributed by atoms with Crippen LogP contribution in [0.1, 0.15) is 15.2 Å². The number of ether oxygens (including phenoxy) is 1. The van der Waals surface area contributed by atoms with Crippen molar-refractivity contribution in [3.05, 3.63) is 59.0 Å². The first-order chi connectivity index (χ1) is 13.0. The molecule has 1 aromatic carbocycles. The lowest BCUT2D eigenvalue weighted by atomic mass is 10.1. The fraction of sp³-hybridized carbons (Fsp3) is 0.200. The van der Waals surface area contributed by atoms with E-state index in [-0.39, 0.29) is 11.6 Å². The highest BCUT2D eigenvalue weighted by atomic mass is 32.1. The van der Waals surface area contributed by atoms with E-state index in [0.717, 1.165) is 21.5 Å². The summed E-state index contributed by atoms with van der Waals surface area (Å²) < 4.78 is 19.6. The third kappa shape index (κ3) is 2.84. The van der Waals surface area contributed by atoms with E-state index < -0.39 is 5.82 Å². The highest BCUT2D eigenvalue weighted by molar-refractivity contribution is 7.20. The Labute approximate surface area is 160 Å². The SMILES string of the molecule is COc1ccc(N2C=CCc3c(sc4nccc(N(C)C)c34)C2=O)c(F)c1. The van der Waals surface area contributed by atoms with Crippen molar-refractivity contribution in [2.24, 2.45) is 0 Å². The number of amides is 1. The molecule has 3 aromatic rings. The number of carbonyl (C=O) groups excluding carboxylic acids is 1. The van der Waals surface area contributed by atoms with Crippen LogP contribution in [0.2, 0.25) is 0 Å². The first-order valence-electron chi connectivity index (χ1n) is 8.42. The topological polar surface area (TPSA) is 45.7 Å². The first-order valence-corrected chi connectivity index (χ1v) is 9.24. The molecule has 0 fully saturated rings. The summed E-state index contributed by atoms with van der Waals surface area (Å²) in [4.78, 5) is 22.4. The molecule has 138 valence electrons. The molecule has 4 rings (SSSR count). The third-order valence-corrected chi connectivity index (χ3v) is 5.68. The fourth-order valence-corrected chi connectivity index (χ4v) is 4.39. The number of rotatable bonds is 3. The van der Waals surface area contributed by atoms with Crippen LogP contribution in [-0.4, -0.2) is 32.1 Å². The van der Waals surface area contributed by atoms with Gasteiger partial charge in [-0.15, -0.1) is 11.3 Å². The van der Waals surface area contributed by atoms with E-state index in [0.29, 0.717) is 17.0 Å². The predicted octanol–water partition coefficient (Wildman–Crippen LogP) is 4.23. The van der Waals surface area contributed by atoms with Gasteiger partial charge in [-0.05, 0) is 30.2 Å². The highest BCUT2D eigenvalue weighted by Crippen LogP contribution is 2.39. The van der Waals surface area contributed by atoms with Gasteiger partial charge in [0, 0.05) is 43.6 Å². The standard InChI is InChI=1S/C20H18FN3O2S/c1-23(2)16-8-9-22-19-17(16)13-5-4-10-24(20(25)18(13)27-19)15-7-6-12(26-3)11-14(15)21/h4,6-11H,5H2,1-3H3. The number of allylic oxidation sites excluding steroid dienone is 1.